The van der Waals surface area contributed by atoms with Crippen LogP contribution < -0.4 is 4.90 Å². The van der Waals surface area contributed by atoms with Crippen LogP contribution in [0.5, 0.6) is 0 Å². The minimum atomic E-state index is -1.02. The van der Waals surface area contributed by atoms with E-state index in [4.69, 9.17) is 9.97 Å². The lowest BCUT2D eigenvalue weighted by Crippen LogP contribution is -2.24. The van der Waals surface area contributed by atoms with Gasteiger partial charge in [-0.3, -0.25) is 0 Å². The predicted octanol–water partition coefficient (Wildman–Crippen LogP) is 5.33. The number of carboxylic acids is 1. The van der Waals surface area contributed by atoms with E-state index in [1.807, 2.05) is 42.3 Å². The van der Waals surface area contributed by atoms with Crippen molar-refractivity contribution in [2.24, 2.45) is 0 Å². The summed E-state index contributed by atoms with van der Waals surface area (Å²) in [4.78, 5) is 22.9. The van der Waals surface area contributed by atoms with Gasteiger partial charge in [0, 0.05) is 12.6 Å². The fourth-order valence-electron chi connectivity index (χ4n) is 3.36. The number of carbonyl (C=O) groups is 1. The number of hydrogen-bond donors (Lipinski definition) is 1. The first-order chi connectivity index (χ1) is 14.4. The molecule has 1 heterocycles. The molecule has 0 spiro atoms. The van der Waals surface area contributed by atoms with Gasteiger partial charge in [0.2, 0.25) is 0 Å². The summed E-state index contributed by atoms with van der Waals surface area (Å²) >= 11 is 0. The van der Waals surface area contributed by atoms with Crippen LogP contribution in [0.1, 0.15) is 28.9 Å². The van der Waals surface area contributed by atoms with Crippen LogP contribution in [0.25, 0.3) is 22.3 Å². The Morgan fingerprint density at radius 1 is 0.967 bits per heavy atom. The summed E-state index contributed by atoms with van der Waals surface area (Å²) in [7, 11) is 1.92. The molecule has 4 rings (SSSR count). The van der Waals surface area contributed by atoms with Crippen molar-refractivity contribution < 1.29 is 14.3 Å². The summed E-state index contributed by atoms with van der Waals surface area (Å²) in [6, 6.07) is 20.8. The molecule has 0 amide bonds. The second kappa shape index (κ2) is 7.91. The van der Waals surface area contributed by atoms with Crippen molar-refractivity contribution in [3.8, 4) is 11.3 Å². The molecular formula is C24H20FN3O2. The third-order valence-electron chi connectivity index (χ3n) is 5.21. The van der Waals surface area contributed by atoms with E-state index >= 15 is 0 Å². The third kappa shape index (κ3) is 3.72. The molecule has 0 radical (unpaired) electrons. The highest BCUT2D eigenvalue weighted by atomic mass is 19.1. The van der Waals surface area contributed by atoms with Crippen molar-refractivity contribution in [2.45, 2.75) is 13.0 Å². The first-order valence-electron chi connectivity index (χ1n) is 9.53. The van der Waals surface area contributed by atoms with Crippen LogP contribution in [0.4, 0.5) is 10.2 Å². The molecule has 5 nitrogen and oxygen atoms in total. The van der Waals surface area contributed by atoms with E-state index in [1.54, 1.807) is 18.2 Å². The van der Waals surface area contributed by atoms with Crippen LogP contribution in [0.15, 0.2) is 72.8 Å². The van der Waals surface area contributed by atoms with E-state index in [0.29, 0.717) is 22.5 Å². The van der Waals surface area contributed by atoms with Crippen molar-refractivity contribution in [1.82, 2.24) is 9.97 Å². The summed E-state index contributed by atoms with van der Waals surface area (Å²) in [5.74, 6) is -0.756. The van der Waals surface area contributed by atoms with Crippen LogP contribution >= 0.6 is 0 Å². The van der Waals surface area contributed by atoms with Crippen molar-refractivity contribution in [3.63, 3.8) is 0 Å². The topological polar surface area (TPSA) is 66.3 Å². The van der Waals surface area contributed by atoms with E-state index in [1.165, 1.54) is 24.3 Å². The molecule has 0 aliphatic rings. The van der Waals surface area contributed by atoms with Crippen LogP contribution in [0.2, 0.25) is 0 Å². The molecule has 1 aromatic heterocycles. The van der Waals surface area contributed by atoms with Gasteiger partial charge in [-0.25, -0.2) is 19.2 Å². The molecule has 0 fully saturated rings. The molecule has 150 valence electrons. The molecular weight excluding hydrogens is 381 g/mol. The number of rotatable bonds is 5. The zero-order chi connectivity index (χ0) is 21.3. The molecule has 0 aliphatic carbocycles. The molecule has 0 bridgehead atoms. The SMILES string of the molecule is C[C@@H](c1ccccc1)N(C)c1nc2cc(C(=O)O)ccc2nc1-c1ccc(F)cc1. The van der Waals surface area contributed by atoms with E-state index in [-0.39, 0.29) is 17.4 Å². The number of aromatic carboxylic acids is 1. The molecule has 0 aliphatic heterocycles. The largest absolute Gasteiger partial charge is 0.478 e. The molecule has 3 aromatic carbocycles. The molecule has 0 saturated heterocycles. The van der Waals surface area contributed by atoms with Crippen LogP contribution in [-0.2, 0) is 0 Å². The Morgan fingerprint density at radius 3 is 2.33 bits per heavy atom. The molecule has 0 saturated carbocycles. The highest BCUT2D eigenvalue weighted by Gasteiger charge is 2.20. The monoisotopic (exact) mass is 401 g/mol. The smallest absolute Gasteiger partial charge is 0.335 e. The number of halogens is 1. The Kier molecular flexibility index (Phi) is 5.14. The number of anilines is 1. The maximum atomic E-state index is 13.5. The molecule has 6 heteroatoms. The molecule has 1 atom stereocenters. The van der Waals surface area contributed by atoms with E-state index in [0.717, 1.165) is 11.1 Å². The van der Waals surface area contributed by atoms with Gasteiger partial charge in [-0.15, -0.1) is 0 Å². The zero-order valence-electron chi connectivity index (χ0n) is 16.6. The summed E-state index contributed by atoms with van der Waals surface area (Å²) in [6.07, 6.45) is 0. The van der Waals surface area contributed by atoms with Gasteiger partial charge in [-0.05, 0) is 55.0 Å². The Balaban J connectivity index is 1.90. The van der Waals surface area contributed by atoms with Crippen LogP contribution in [0.3, 0.4) is 0 Å². The summed E-state index contributed by atoms with van der Waals surface area (Å²) < 4.78 is 13.5. The highest BCUT2D eigenvalue weighted by molar-refractivity contribution is 5.93. The number of nitrogens with zero attached hydrogens (tertiary/aromatic N) is 3. The maximum Gasteiger partial charge on any atom is 0.335 e. The first kappa shape index (κ1) is 19.5. The van der Waals surface area contributed by atoms with Crippen molar-refractivity contribution in [3.05, 3.63) is 89.7 Å². The normalized spacial score (nSPS) is 12.0. The van der Waals surface area contributed by atoms with Crippen molar-refractivity contribution in [2.75, 3.05) is 11.9 Å². The minimum Gasteiger partial charge on any atom is -0.478 e. The van der Waals surface area contributed by atoms with E-state index < -0.39 is 5.97 Å². The summed E-state index contributed by atoms with van der Waals surface area (Å²) in [5.41, 5.74) is 3.65. The van der Waals surface area contributed by atoms with E-state index in [9.17, 15) is 14.3 Å². The second-order valence-electron chi connectivity index (χ2n) is 7.11. The van der Waals surface area contributed by atoms with Gasteiger partial charge in [0.05, 0.1) is 22.6 Å². The Bertz CT molecular complexity index is 1210. The number of fused-ring (bicyclic) bond motifs is 1. The lowest BCUT2D eigenvalue weighted by atomic mass is 10.1. The van der Waals surface area contributed by atoms with Crippen LogP contribution in [0, 0.1) is 5.82 Å². The van der Waals surface area contributed by atoms with Gasteiger partial charge in [0.1, 0.15) is 11.5 Å². The maximum absolute atomic E-state index is 13.5. The summed E-state index contributed by atoms with van der Waals surface area (Å²) in [6.45, 7) is 2.06. The Hall–Kier alpha value is -3.80. The quantitative estimate of drug-likeness (QED) is 0.489. The van der Waals surface area contributed by atoms with Gasteiger partial charge >= 0.3 is 5.97 Å². The fourth-order valence-corrected chi connectivity index (χ4v) is 3.36. The number of aromatic nitrogens is 2. The van der Waals surface area contributed by atoms with Gasteiger partial charge < -0.3 is 10.0 Å². The first-order valence-corrected chi connectivity index (χ1v) is 9.53. The zero-order valence-corrected chi connectivity index (χ0v) is 16.6. The predicted molar refractivity (Wildman–Crippen MR) is 115 cm³/mol. The standard InChI is InChI=1S/C24H20FN3O2/c1-15(16-6-4-3-5-7-16)28(2)23-22(17-8-11-19(25)12-9-17)26-20-13-10-18(24(29)30)14-21(20)27-23/h3-15H,1-2H3,(H,29,30)/t15-/m0/s1. The Labute approximate surface area is 173 Å². The molecule has 0 unspecified atom stereocenters. The van der Waals surface area contributed by atoms with Gasteiger partial charge in [-0.2, -0.15) is 0 Å². The molecule has 30 heavy (non-hydrogen) atoms. The van der Waals surface area contributed by atoms with Gasteiger partial charge in [0.15, 0.2) is 5.82 Å². The lowest BCUT2D eigenvalue weighted by Gasteiger charge is -2.28. The highest BCUT2D eigenvalue weighted by Crippen LogP contribution is 2.33. The van der Waals surface area contributed by atoms with Crippen molar-refractivity contribution in [1.29, 1.82) is 0 Å². The second-order valence-corrected chi connectivity index (χ2v) is 7.11. The van der Waals surface area contributed by atoms with Gasteiger partial charge in [-0.1, -0.05) is 30.3 Å². The number of hydrogen-bond acceptors (Lipinski definition) is 4. The van der Waals surface area contributed by atoms with Crippen molar-refractivity contribution >= 4 is 22.8 Å². The molecule has 4 aromatic rings. The number of carboxylic acid groups (broad SMARTS) is 1. The average Bonchev–Trinajstić information content (AvgIpc) is 2.78. The molecule has 1 N–H and O–H groups in total. The third-order valence-corrected chi connectivity index (χ3v) is 5.21. The van der Waals surface area contributed by atoms with Crippen LogP contribution in [-0.4, -0.2) is 28.1 Å². The average molecular weight is 401 g/mol. The lowest BCUT2D eigenvalue weighted by molar-refractivity contribution is 0.0697. The Morgan fingerprint density at radius 2 is 1.67 bits per heavy atom. The minimum absolute atomic E-state index is 0.0141. The fraction of sp³-hybridized carbons (Fsp3) is 0.125. The number of benzene rings is 3. The van der Waals surface area contributed by atoms with Gasteiger partial charge in [0.25, 0.3) is 0 Å². The van der Waals surface area contributed by atoms with E-state index in [2.05, 4.69) is 6.92 Å². The summed E-state index contributed by atoms with van der Waals surface area (Å²) in [5, 5.41) is 9.32.